The van der Waals surface area contributed by atoms with Crippen LogP contribution in [0.15, 0.2) is 22.7 Å². The molecule has 88 valence electrons. The molecule has 0 nitrogen and oxygen atoms in total. The van der Waals surface area contributed by atoms with Crippen LogP contribution < -0.4 is 0 Å². The van der Waals surface area contributed by atoms with Crippen molar-refractivity contribution in [2.75, 3.05) is 0 Å². The van der Waals surface area contributed by atoms with Gasteiger partial charge in [0, 0.05) is 9.85 Å². The summed E-state index contributed by atoms with van der Waals surface area (Å²) >= 11 is 9.47. The number of rotatable bonds is 2. The molecule has 0 N–H and O–H groups in total. The number of hydrogen-bond donors (Lipinski definition) is 0. The Labute approximate surface area is 109 Å². The number of alkyl halides is 1. The van der Waals surface area contributed by atoms with Crippen LogP contribution in [0, 0.1) is 11.2 Å². The smallest absolute Gasteiger partial charge is 0.124 e. The topological polar surface area (TPSA) is 0 Å². The average molecular weight is 306 g/mol. The van der Waals surface area contributed by atoms with Gasteiger partial charge in [-0.15, -0.1) is 11.6 Å². The monoisotopic (exact) mass is 304 g/mol. The van der Waals surface area contributed by atoms with Gasteiger partial charge < -0.3 is 0 Å². The molecular weight excluding hydrogens is 290 g/mol. The second kappa shape index (κ2) is 4.66. The molecule has 2 rings (SSSR count). The summed E-state index contributed by atoms with van der Waals surface area (Å²) in [6.45, 7) is 2.24. The summed E-state index contributed by atoms with van der Waals surface area (Å²) in [6.07, 6.45) is 4.15. The lowest BCUT2D eigenvalue weighted by atomic mass is 9.82. The molecule has 0 aliphatic heterocycles. The minimum absolute atomic E-state index is 0.173. The quantitative estimate of drug-likeness (QED) is 0.680. The van der Waals surface area contributed by atoms with Crippen LogP contribution in [0.25, 0.3) is 0 Å². The highest BCUT2D eigenvalue weighted by Crippen LogP contribution is 2.43. The Balaban J connectivity index is 2.14. The highest BCUT2D eigenvalue weighted by molar-refractivity contribution is 9.10. The van der Waals surface area contributed by atoms with Crippen LogP contribution in [-0.4, -0.2) is 5.38 Å². The van der Waals surface area contributed by atoms with Gasteiger partial charge in [-0.2, -0.15) is 0 Å². The normalized spacial score (nSPS) is 29.6. The van der Waals surface area contributed by atoms with Crippen LogP contribution in [0.2, 0.25) is 0 Å². The first kappa shape index (κ1) is 12.4. The van der Waals surface area contributed by atoms with Crippen molar-refractivity contribution in [2.24, 2.45) is 5.41 Å². The highest BCUT2D eigenvalue weighted by atomic mass is 79.9. The maximum Gasteiger partial charge on any atom is 0.124 e. The van der Waals surface area contributed by atoms with Gasteiger partial charge in [0.1, 0.15) is 5.82 Å². The molecule has 0 saturated heterocycles. The van der Waals surface area contributed by atoms with Crippen LogP contribution in [0.5, 0.6) is 0 Å². The molecule has 3 heteroatoms. The van der Waals surface area contributed by atoms with Crippen molar-refractivity contribution in [2.45, 2.75) is 38.0 Å². The zero-order chi connectivity index (χ0) is 11.8. The van der Waals surface area contributed by atoms with Gasteiger partial charge in [-0.1, -0.05) is 22.9 Å². The molecular formula is C13H15BrClF. The predicted octanol–water partition coefficient (Wildman–Crippen LogP) is 4.93. The first-order valence-corrected chi connectivity index (χ1v) is 6.79. The van der Waals surface area contributed by atoms with Crippen LogP contribution in [0.3, 0.4) is 0 Å². The van der Waals surface area contributed by atoms with Crippen molar-refractivity contribution in [3.05, 3.63) is 34.1 Å². The van der Waals surface area contributed by atoms with Crippen molar-refractivity contribution in [3.63, 3.8) is 0 Å². The van der Waals surface area contributed by atoms with E-state index in [2.05, 4.69) is 22.9 Å². The van der Waals surface area contributed by atoms with E-state index in [1.807, 2.05) is 6.07 Å². The maximum absolute atomic E-state index is 13.2. The molecule has 1 aliphatic carbocycles. The summed E-state index contributed by atoms with van der Waals surface area (Å²) in [5.41, 5.74) is 1.29. The standard InChI is InChI=1S/C13H15BrClF/c1-13(3-2-11(15)8-13)7-9-4-10(14)6-12(16)5-9/h4-6,11H,2-3,7-8H2,1H3. The van der Waals surface area contributed by atoms with Crippen LogP contribution >= 0.6 is 27.5 Å². The lowest BCUT2D eigenvalue weighted by Gasteiger charge is -2.23. The van der Waals surface area contributed by atoms with E-state index in [0.29, 0.717) is 5.38 Å². The van der Waals surface area contributed by atoms with Gasteiger partial charge in [-0.25, -0.2) is 4.39 Å². The highest BCUT2D eigenvalue weighted by Gasteiger charge is 2.34. The van der Waals surface area contributed by atoms with E-state index in [0.717, 1.165) is 35.7 Å². The summed E-state index contributed by atoms with van der Waals surface area (Å²) in [5.74, 6) is -0.173. The SMILES string of the molecule is CC1(Cc2cc(F)cc(Br)c2)CCC(Cl)C1. The first-order chi connectivity index (χ1) is 7.47. The fourth-order valence-corrected chi connectivity index (χ4v) is 3.60. The number of hydrogen-bond acceptors (Lipinski definition) is 0. The minimum Gasteiger partial charge on any atom is -0.207 e. The lowest BCUT2D eigenvalue weighted by molar-refractivity contribution is 0.334. The summed E-state index contributed by atoms with van der Waals surface area (Å²) in [7, 11) is 0. The molecule has 0 spiro atoms. The summed E-state index contributed by atoms with van der Waals surface area (Å²) in [5, 5.41) is 0.294. The van der Waals surface area contributed by atoms with Crippen molar-refractivity contribution < 1.29 is 4.39 Å². The van der Waals surface area contributed by atoms with Gasteiger partial charge >= 0.3 is 0 Å². The Kier molecular flexibility index (Phi) is 3.60. The molecule has 2 atom stereocenters. The van der Waals surface area contributed by atoms with E-state index < -0.39 is 0 Å². The van der Waals surface area contributed by atoms with E-state index >= 15 is 0 Å². The lowest BCUT2D eigenvalue weighted by Crippen LogP contribution is -2.15. The van der Waals surface area contributed by atoms with E-state index in [9.17, 15) is 4.39 Å². The third kappa shape index (κ3) is 2.98. The molecule has 0 amide bonds. The number of benzene rings is 1. The molecule has 1 aliphatic rings. The predicted molar refractivity (Wildman–Crippen MR) is 69.4 cm³/mol. The molecule has 0 radical (unpaired) electrons. The molecule has 16 heavy (non-hydrogen) atoms. The fourth-order valence-electron chi connectivity index (χ4n) is 2.61. The molecule has 0 heterocycles. The van der Waals surface area contributed by atoms with Crippen molar-refractivity contribution in [1.29, 1.82) is 0 Å². The van der Waals surface area contributed by atoms with E-state index in [4.69, 9.17) is 11.6 Å². The molecule has 1 aromatic rings. The molecule has 0 bridgehead atoms. The van der Waals surface area contributed by atoms with Crippen LogP contribution in [0.1, 0.15) is 31.7 Å². The molecule has 2 unspecified atom stereocenters. The van der Waals surface area contributed by atoms with E-state index in [-0.39, 0.29) is 11.2 Å². The van der Waals surface area contributed by atoms with Gasteiger partial charge in [0.25, 0.3) is 0 Å². The third-order valence-corrected chi connectivity index (χ3v) is 4.16. The van der Waals surface area contributed by atoms with E-state index in [1.54, 1.807) is 6.07 Å². The molecule has 0 aromatic heterocycles. The van der Waals surface area contributed by atoms with Gasteiger partial charge in [0.2, 0.25) is 0 Å². The third-order valence-electron chi connectivity index (χ3n) is 3.33. The number of halogens is 3. The summed E-state index contributed by atoms with van der Waals surface area (Å²) in [4.78, 5) is 0. The summed E-state index contributed by atoms with van der Waals surface area (Å²) < 4.78 is 14.1. The minimum atomic E-state index is -0.173. The van der Waals surface area contributed by atoms with Crippen LogP contribution in [-0.2, 0) is 6.42 Å². The Morgan fingerprint density at radius 1 is 1.50 bits per heavy atom. The van der Waals surface area contributed by atoms with Crippen molar-refractivity contribution >= 4 is 27.5 Å². The summed E-state index contributed by atoms with van der Waals surface area (Å²) in [6, 6.07) is 5.11. The Morgan fingerprint density at radius 2 is 2.25 bits per heavy atom. The van der Waals surface area contributed by atoms with Gasteiger partial charge in [0.05, 0.1) is 0 Å². The Hall–Kier alpha value is -0.0800. The fraction of sp³-hybridized carbons (Fsp3) is 0.538. The van der Waals surface area contributed by atoms with E-state index in [1.165, 1.54) is 6.07 Å². The van der Waals surface area contributed by atoms with Crippen LogP contribution in [0.4, 0.5) is 4.39 Å². The average Bonchev–Trinajstić information content (AvgIpc) is 2.43. The Morgan fingerprint density at radius 3 is 2.81 bits per heavy atom. The second-order valence-electron chi connectivity index (χ2n) is 5.11. The van der Waals surface area contributed by atoms with Crippen molar-refractivity contribution in [1.82, 2.24) is 0 Å². The van der Waals surface area contributed by atoms with Gasteiger partial charge in [-0.05, 0) is 54.9 Å². The molecule has 1 aromatic carbocycles. The molecule has 1 saturated carbocycles. The van der Waals surface area contributed by atoms with Gasteiger partial charge in [0.15, 0.2) is 0 Å². The second-order valence-corrected chi connectivity index (χ2v) is 6.64. The maximum atomic E-state index is 13.2. The Bertz CT molecular complexity index is 373. The zero-order valence-corrected chi connectivity index (χ0v) is 11.6. The zero-order valence-electron chi connectivity index (χ0n) is 9.27. The van der Waals surface area contributed by atoms with Gasteiger partial charge in [-0.3, -0.25) is 0 Å². The largest absolute Gasteiger partial charge is 0.207 e. The first-order valence-electron chi connectivity index (χ1n) is 5.56. The molecule has 1 fully saturated rings. The van der Waals surface area contributed by atoms with Crippen molar-refractivity contribution in [3.8, 4) is 0 Å².